The zero-order valence-electron chi connectivity index (χ0n) is 11.9. The minimum Gasteiger partial charge on any atom is -0.329 e. The zero-order chi connectivity index (χ0) is 13.9. The van der Waals surface area contributed by atoms with Gasteiger partial charge in [-0.3, -0.25) is 4.90 Å². The maximum atomic E-state index is 6.15. The molecule has 1 aliphatic rings. The van der Waals surface area contributed by atoms with Gasteiger partial charge in [0.25, 0.3) is 0 Å². The highest BCUT2D eigenvalue weighted by Crippen LogP contribution is 2.30. The van der Waals surface area contributed by atoms with E-state index >= 15 is 0 Å². The van der Waals surface area contributed by atoms with Gasteiger partial charge in [0.15, 0.2) is 0 Å². The predicted molar refractivity (Wildman–Crippen MR) is 86.6 cm³/mol. The highest BCUT2D eigenvalue weighted by atomic mass is 79.9. The van der Waals surface area contributed by atoms with Gasteiger partial charge in [0.1, 0.15) is 0 Å². The fraction of sp³-hybridized carbons (Fsp3) is 0.714. The number of nitrogens with two attached hydrogens (primary N) is 1. The molecule has 1 aromatic heterocycles. The topological polar surface area (TPSA) is 32.5 Å². The molecule has 108 valence electrons. The molecule has 0 aliphatic carbocycles. The predicted octanol–water partition coefficient (Wildman–Crippen LogP) is 2.76. The molecule has 19 heavy (non-hydrogen) atoms. The smallest absolute Gasteiger partial charge is 0.0345 e. The van der Waals surface area contributed by atoms with Crippen LogP contribution in [0.3, 0.4) is 0 Å². The van der Waals surface area contributed by atoms with E-state index < -0.39 is 0 Å². The third-order valence-electron chi connectivity index (χ3n) is 4.35. The van der Waals surface area contributed by atoms with Gasteiger partial charge in [0.2, 0.25) is 0 Å². The summed E-state index contributed by atoms with van der Waals surface area (Å²) in [5.74, 6) is 0. The van der Waals surface area contributed by atoms with Crippen molar-refractivity contribution >= 4 is 27.3 Å². The number of thiophene rings is 1. The van der Waals surface area contributed by atoms with Gasteiger partial charge in [-0.1, -0.05) is 0 Å². The lowest BCUT2D eigenvalue weighted by molar-refractivity contribution is 0.101. The lowest BCUT2D eigenvalue weighted by atomic mass is 9.89. The molecule has 0 bridgehead atoms. The van der Waals surface area contributed by atoms with Gasteiger partial charge in [0, 0.05) is 33.4 Å². The first-order chi connectivity index (χ1) is 9.05. The van der Waals surface area contributed by atoms with Crippen LogP contribution in [-0.4, -0.2) is 49.1 Å². The van der Waals surface area contributed by atoms with Crippen molar-refractivity contribution in [1.82, 2.24) is 9.80 Å². The van der Waals surface area contributed by atoms with Crippen LogP contribution in [0.1, 0.15) is 24.1 Å². The third-order valence-corrected chi connectivity index (χ3v) is 6.03. The molecule has 0 aromatic carbocycles. The summed E-state index contributed by atoms with van der Waals surface area (Å²) in [7, 11) is 4.44. The molecule has 1 fully saturated rings. The minimum atomic E-state index is 0.168. The second-order valence-electron chi connectivity index (χ2n) is 5.67. The molecule has 0 amide bonds. The number of hydrogen-bond acceptors (Lipinski definition) is 4. The number of rotatable bonds is 4. The normalized spacial score (nSPS) is 25.7. The van der Waals surface area contributed by atoms with Crippen molar-refractivity contribution < 1.29 is 0 Å². The Hall–Kier alpha value is 0.0600. The van der Waals surface area contributed by atoms with Gasteiger partial charge >= 0.3 is 0 Å². The second kappa shape index (κ2) is 6.68. The fourth-order valence-corrected chi connectivity index (χ4v) is 4.40. The van der Waals surface area contributed by atoms with Gasteiger partial charge in [0.05, 0.1) is 0 Å². The lowest BCUT2D eigenvalue weighted by Crippen LogP contribution is -2.52. The van der Waals surface area contributed by atoms with Gasteiger partial charge in [-0.2, -0.15) is 0 Å². The van der Waals surface area contributed by atoms with E-state index in [1.807, 2.05) is 11.3 Å². The number of halogens is 1. The van der Waals surface area contributed by atoms with Crippen molar-refractivity contribution in [3.8, 4) is 0 Å². The van der Waals surface area contributed by atoms with Gasteiger partial charge in [-0.15, -0.1) is 11.3 Å². The Kier molecular flexibility index (Phi) is 5.43. The van der Waals surface area contributed by atoms with Crippen LogP contribution in [-0.2, 0) is 6.54 Å². The maximum absolute atomic E-state index is 6.15. The molecule has 3 nitrogen and oxygen atoms in total. The molecule has 1 aromatic rings. The quantitative estimate of drug-likeness (QED) is 0.910. The first kappa shape index (κ1) is 15.4. The van der Waals surface area contributed by atoms with Crippen LogP contribution >= 0.6 is 27.3 Å². The monoisotopic (exact) mass is 345 g/mol. The van der Waals surface area contributed by atoms with Crippen molar-refractivity contribution in [1.29, 1.82) is 0 Å². The molecule has 1 atom stereocenters. The van der Waals surface area contributed by atoms with Crippen molar-refractivity contribution in [3.05, 3.63) is 20.8 Å². The van der Waals surface area contributed by atoms with E-state index in [1.165, 1.54) is 35.2 Å². The largest absolute Gasteiger partial charge is 0.329 e. The molecule has 2 N–H and O–H groups in total. The average molecular weight is 346 g/mol. The van der Waals surface area contributed by atoms with Gasteiger partial charge in [-0.25, -0.2) is 0 Å². The number of nitrogens with zero attached hydrogens (tertiary/aromatic N) is 2. The van der Waals surface area contributed by atoms with Crippen molar-refractivity contribution in [2.24, 2.45) is 5.73 Å². The highest BCUT2D eigenvalue weighted by molar-refractivity contribution is 9.10. The first-order valence-corrected chi connectivity index (χ1v) is 8.56. The van der Waals surface area contributed by atoms with E-state index in [2.05, 4.69) is 51.3 Å². The summed E-state index contributed by atoms with van der Waals surface area (Å²) < 4.78 is 1.18. The summed E-state index contributed by atoms with van der Waals surface area (Å²) in [6, 6.07) is 2.22. The number of likely N-dealkylation sites (tertiary alicyclic amines) is 1. The number of hydrogen-bond donors (Lipinski definition) is 1. The van der Waals surface area contributed by atoms with E-state index in [-0.39, 0.29) is 5.54 Å². The van der Waals surface area contributed by atoms with Crippen LogP contribution < -0.4 is 5.73 Å². The Balaban J connectivity index is 2.06. The summed E-state index contributed by atoms with van der Waals surface area (Å²) in [5.41, 5.74) is 6.31. The van der Waals surface area contributed by atoms with Crippen LogP contribution in [0.2, 0.25) is 0 Å². The molecule has 1 saturated heterocycles. The molecule has 0 spiro atoms. The Morgan fingerprint density at radius 3 is 2.89 bits per heavy atom. The highest BCUT2D eigenvalue weighted by Gasteiger charge is 2.34. The summed E-state index contributed by atoms with van der Waals surface area (Å²) >= 11 is 5.35. The van der Waals surface area contributed by atoms with Gasteiger partial charge < -0.3 is 10.6 Å². The van der Waals surface area contributed by atoms with Crippen LogP contribution in [0.25, 0.3) is 0 Å². The molecular formula is C14H24BrN3S. The van der Waals surface area contributed by atoms with Crippen LogP contribution in [0, 0.1) is 0 Å². The summed E-state index contributed by atoms with van der Waals surface area (Å²) in [4.78, 5) is 6.30. The lowest BCUT2D eigenvalue weighted by Gasteiger charge is -2.40. The standard InChI is InChI=1S/C14H24BrN3S/c1-17-6-3-4-14(11-16,5-7-17)18(2)9-13-8-12(15)10-19-13/h8,10H,3-7,9,11,16H2,1-2H3. The van der Waals surface area contributed by atoms with Gasteiger partial charge in [-0.05, 0) is 68.4 Å². The maximum Gasteiger partial charge on any atom is 0.0345 e. The fourth-order valence-electron chi connectivity index (χ4n) is 2.89. The van der Waals surface area contributed by atoms with Crippen LogP contribution in [0.15, 0.2) is 15.9 Å². The minimum absolute atomic E-state index is 0.168. The van der Waals surface area contributed by atoms with Crippen molar-refractivity contribution in [3.63, 3.8) is 0 Å². The Morgan fingerprint density at radius 1 is 1.47 bits per heavy atom. The summed E-state index contributed by atoms with van der Waals surface area (Å²) in [6.45, 7) is 4.09. The number of likely N-dealkylation sites (N-methyl/N-ethyl adjacent to an activating group) is 1. The SMILES string of the molecule is CN1CCCC(CN)(N(C)Cc2cc(Br)cs2)CC1. The zero-order valence-corrected chi connectivity index (χ0v) is 14.3. The Morgan fingerprint density at radius 2 is 2.26 bits per heavy atom. The van der Waals surface area contributed by atoms with Crippen LogP contribution in [0.4, 0.5) is 0 Å². The molecule has 5 heteroatoms. The summed E-state index contributed by atoms with van der Waals surface area (Å²) in [5, 5.41) is 2.15. The molecule has 2 rings (SSSR count). The van der Waals surface area contributed by atoms with E-state index in [9.17, 15) is 0 Å². The van der Waals surface area contributed by atoms with E-state index in [0.29, 0.717) is 0 Å². The second-order valence-corrected chi connectivity index (χ2v) is 7.58. The molecule has 0 radical (unpaired) electrons. The van der Waals surface area contributed by atoms with E-state index in [4.69, 9.17) is 5.73 Å². The third kappa shape index (κ3) is 3.79. The first-order valence-electron chi connectivity index (χ1n) is 6.88. The van der Waals surface area contributed by atoms with Crippen LogP contribution in [0.5, 0.6) is 0 Å². The molecule has 0 saturated carbocycles. The van der Waals surface area contributed by atoms with E-state index in [0.717, 1.165) is 19.6 Å². The molecule has 1 unspecified atom stereocenters. The van der Waals surface area contributed by atoms with Crippen molar-refractivity contribution in [2.45, 2.75) is 31.3 Å². The Bertz CT molecular complexity index is 409. The van der Waals surface area contributed by atoms with E-state index in [1.54, 1.807) is 0 Å². The Labute approximate surface area is 128 Å². The van der Waals surface area contributed by atoms with Crippen molar-refractivity contribution in [2.75, 3.05) is 33.7 Å². The molecular weight excluding hydrogens is 322 g/mol. The summed E-state index contributed by atoms with van der Waals surface area (Å²) in [6.07, 6.45) is 3.62. The molecule has 1 aliphatic heterocycles. The molecule has 2 heterocycles. The average Bonchev–Trinajstić information content (AvgIpc) is 2.68.